The molecule has 1 aromatic rings. The van der Waals surface area contributed by atoms with Crippen LogP contribution in [0, 0.1) is 10.1 Å². The molecule has 0 spiro atoms. The van der Waals surface area contributed by atoms with Gasteiger partial charge < -0.3 is 15.4 Å². The van der Waals surface area contributed by atoms with Crippen LogP contribution in [0.5, 0.6) is 5.75 Å². The fraction of sp³-hybridized carbons (Fsp3) is 0.500. The van der Waals surface area contributed by atoms with Gasteiger partial charge in [0.25, 0.3) is 0 Å². The lowest BCUT2D eigenvalue weighted by atomic mass is 10.1. The fourth-order valence-electron chi connectivity index (χ4n) is 1.74. The monoisotopic (exact) mass is 331 g/mol. The highest BCUT2D eigenvalue weighted by molar-refractivity contribution is 5.84. The van der Waals surface area contributed by atoms with Gasteiger partial charge in [0.05, 0.1) is 4.92 Å². The molecular weight excluding hydrogens is 312 g/mol. The maximum Gasteiger partial charge on any atom is 0.387 e. The number of hydrogen-bond acceptors (Lipinski definition) is 5. The number of carbonyl (C=O) groups is 1. The SMILES string of the molecule is C[C@@H](Nc1ccc([N+](=O)[O-])c(OC(F)F)c1)C(=O)NC(C)(C)C. The summed E-state index contributed by atoms with van der Waals surface area (Å²) in [5.74, 6) is -0.870. The first-order chi connectivity index (χ1) is 10.5. The molecule has 9 heteroatoms. The topological polar surface area (TPSA) is 93.5 Å². The van der Waals surface area contributed by atoms with E-state index in [-0.39, 0.29) is 11.6 Å². The maximum absolute atomic E-state index is 12.3. The van der Waals surface area contributed by atoms with Gasteiger partial charge in [0.2, 0.25) is 11.7 Å². The Morgan fingerprint density at radius 1 is 1.35 bits per heavy atom. The van der Waals surface area contributed by atoms with Crippen LogP contribution in [0.15, 0.2) is 18.2 Å². The number of halogens is 2. The second kappa shape index (κ2) is 7.21. The van der Waals surface area contributed by atoms with Gasteiger partial charge in [0.15, 0.2) is 0 Å². The Morgan fingerprint density at radius 2 is 1.96 bits per heavy atom. The van der Waals surface area contributed by atoms with E-state index in [2.05, 4.69) is 15.4 Å². The molecular formula is C14H19F2N3O4. The van der Waals surface area contributed by atoms with Crippen LogP contribution in [0.1, 0.15) is 27.7 Å². The third-order valence-electron chi connectivity index (χ3n) is 2.65. The average Bonchev–Trinajstić information content (AvgIpc) is 2.35. The van der Waals surface area contributed by atoms with Crippen molar-refractivity contribution in [3.8, 4) is 5.75 Å². The predicted molar refractivity (Wildman–Crippen MR) is 80.7 cm³/mol. The predicted octanol–water partition coefficient (Wildman–Crippen LogP) is 2.91. The van der Waals surface area contributed by atoms with E-state index >= 15 is 0 Å². The zero-order valence-corrected chi connectivity index (χ0v) is 13.2. The highest BCUT2D eigenvalue weighted by Gasteiger charge is 2.22. The molecule has 0 aromatic heterocycles. The lowest BCUT2D eigenvalue weighted by molar-refractivity contribution is -0.386. The number of nitro groups is 1. The summed E-state index contributed by atoms with van der Waals surface area (Å²) in [5.41, 5.74) is -0.752. The number of benzene rings is 1. The third-order valence-corrected chi connectivity index (χ3v) is 2.65. The van der Waals surface area contributed by atoms with E-state index in [1.54, 1.807) is 6.92 Å². The molecule has 0 unspecified atom stereocenters. The fourth-order valence-corrected chi connectivity index (χ4v) is 1.74. The van der Waals surface area contributed by atoms with Gasteiger partial charge in [-0.05, 0) is 33.8 Å². The van der Waals surface area contributed by atoms with Crippen LogP contribution in [0.3, 0.4) is 0 Å². The van der Waals surface area contributed by atoms with Crippen molar-refractivity contribution in [3.05, 3.63) is 28.3 Å². The van der Waals surface area contributed by atoms with Crippen LogP contribution in [0.25, 0.3) is 0 Å². The standard InChI is InChI=1S/C14H19F2N3O4/c1-8(12(20)18-14(2,3)4)17-9-5-6-10(19(21)22)11(7-9)23-13(15)16/h5-8,13,17H,1-4H3,(H,18,20)/t8-/m1/s1. The quantitative estimate of drug-likeness (QED) is 0.617. The number of amides is 1. The molecule has 1 aromatic carbocycles. The lowest BCUT2D eigenvalue weighted by Gasteiger charge is -2.24. The molecule has 0 fully saturated rings. The molecule has 0 aliphatic rings. The largest absolute Gasteiger partial charge is 0.427 e. The second-order valence-corrected chi connectivity index (χ2v) is 5.92. The van der Waals surface area contributed by atoms with Crippen molar-refractivity contribution < 1.29 is 23.2 Å². The van der Waals surface area contributed by atoms with Gasteiger partial charge in [-0.3, -0.25) is 14.9 Å². The van der Waals surface area contributed by atoms with Gasteiger partial charge in [0, 0.05) is 23.4 Å². The number of nitro benzene ring substituents is 1. The highest BCUT2D eigenvalue weighted by Crippen LogP contribution is 2.31. The zero-order valence-electron chi connectivity index (χ0n) is 13.2. The van der Waals surface area contributed by atoms with Gasteiger partial charge >= 0.3 is 12.3 Å². The number of ether oxygens (including phenoxy) is 1. The first kappa shape index (κ1) is 18.6. The van der Waals surface area contributed by atoms with Crippen LogP contribution in [-0.4, -0.2) is 29.0 Å². The molecule has 23 heavy (non-hydrogen) atoms. The molecule has 0 bridgehead atoms. The molecule has 0 radical (unpaired) electrons. The van der Waals surface area contributed by atoms with Crippen LogP contribution in [0.2, 0.25) is 0 Å². The van der Waals surface area contributed by atoms with Gasteiger partial charge in [0.1, 0.15) is 6.04 Å². The molecule has 0 saturated heterocycles. The summed E-state index contributed by atoms with van der Waals surface area (Å²) < 4.78 is 28.8. The van der Waals surface area contributed by atoms with Crippen LogP contribution < -0.4 is 15.4 Å². The van der Waals surface area contributed by atoms with Gasteiger partial charge in [-0.25, -0.2) is 0 Å². The minimum Gasteiger partial charge on any atom is -0.427 e. The number of hydrogen-bond donors (Lipinski definition) is 2. The second-order valence-electron chi connectivity index (χ2n) is 5.92. The molecule has 1 amide bonds. The van der Waals surface area contributed by atoms with Crippen molar-refractivity contribution in [2.75, 3.05) is 5.32 Å². The summed E-state index contributed by atoms with van der Waals surface area (Å²) in [6.07, 6.45) is 0. The van der Waals surface area contributed by atoms with E-state index in [1.807, 2.05) is 20.8 Å². The highest BCUT2D eigenvalue weighted by atomic mass is 19.3. The number of rotatable bonds is 6. The molecule has 128 valence electrons. The van der Waals surface area contributed by atoms with E-state index in [4.69, 9.17) is 0 Å². The summed E-state index contributed by atoms with van der Waals surface area (Å²) in [5, 5.41) is 16.3. The molecule has 1 atom stereocenters. The average molecular weight is 331 g/mol. The number of nitrogens with zero attached hydrogens (tertiary/aromatic N) is 1. The summed E-state index contributed by atoms with van der Waals surface area (Å²) in [4.78, 5) is 21.9. The molecule has 0 aliphatic carbocycles. The van der Waals surface area contributed by atoms with Crippen LogP contribution in [0.4, 0.5) is 20.2 Å². The first-order valence-electron chi connectivity index (χ1n) is 6.81. The van der Waals surface area contributed by atoms with Gasteiger partial charge in [-0.15, -0.1) is 0 Å². The van der Waals surface area contributed by atoms with Gasteiger partial charge in [-0.2, -0.15) is 8.78 Å². The molecule has 0 aliphatic heterocycles. The lowest BCUT2D eigenvalue weighted by Crippen LogP contribution is -2.47. The normalized spacial score (nSPS) is 12.7. The minimum atomic E-state index is -3.19. The van der Waals surface area contributed by atoms with Crippen molar-refractivity contribution in [2.45, 2.75) is 45.9 Å². The van der Waals surface area contributed by atoms with E-state index in [9.17, 15) is 23.7 Å². The van der Waals surface area contributed by atoms with E-state index in [0.29, 0.717) is 0 Å². The Bertz CT molecular complexity index is 588. The molecule has 2 N–H and O–H groups in total. The number of anilines is 1. The van der Waals surface area contributed by atoms with E-state index < -0.39 is 34.6 Å². The minimum absolute atomic E-state index is 0.253. The van der Waals surface area contributed by atoms with Crippen LogP contribution in [-0.2, 0) is 4.79 Å². The smallest absolute Gasteiger partial charge is 0.387 e. The Labute approximate surface area is 132 Å². The van der Waals surface area contributed by atoms with Gasteiger partial charge in [-0.1, -0.05) is 0 Å². The maximum atomic E-state index is 12.3. The zero-order chi connectivity index (χ0) is 17.8. The molecule has 0 heterocycles. The first-order valence-corrected chi connectivity index (χ1v) is 6.81. The number of carbonyl (C=O) groups excluding carboxylic acids is 1. The van der Waals surface area contributed by atoms with Crippen molar-refractivity contribution in [1.82, 2.24) is 5.32 Å². The Hall–Kier alpha value is -2.45. The van der Waals surface area contributed by atoms with Crippen molar-refractivity contribution in [2.24, 2.45) is 0 Å². The van der Waals surface area contributed by atoms with Crippen molar-refractivity contribution in [1.29, 1.82) is 0 Å². The number of alkyl halides is 2. The molecule has 0 saturated carbocycles. The summed E-state index contributed by atoms with van der Waals surface area (Å²) in [7, 11) is 0. The van der Waals surface area contributed by atoms with Crippen molar-refractivity contribution >= 4 is 17.3 Å². The summed E-state index contributed by atoms with van der Waals surface area (Å²) >= 11 is 0. The molecule has 7 nitrogen and oxygen atoms in total. The number of nitrogens with one attached hydrogen (secondary N) is 2. The Balaban J connectivity index is 2.92. The van der Waals surface area contributed by atoms with Crippen molar-refractivity contribution in [3.63, 3.8) is 0 Å². The van der Waals surface area contributed by atoms with E-state index in [1.165, 1.54) is 6.07 Å². The summed E-state index contributed by atoms with van der Waals surface area (Å²) in [6, 6.07) is 2.74. The van der Waals surface area contributed by atoms with E-state index in [0.717, 1.165) is 12.1 Å². The van der Waals surface area contributed by atoms with Crippen LogP contribution >= 0.6 is 0 Å². The third kappa shape index (κ3) is 6.05. The summed E-state index contributed by atoms with van der Waals surface area (Å²) in [6.45, 7) is 3.84. The Morgan fingerprint density at radius 3 is 2.43 bits per heavy atom. The Kier molecular flexibility index (Phi) is 5.83. The molecule has 1 rings (SSSR count).